The summed E-state index contributed by atoms with van der Waals surface area (Å²) in [5.74, 6) is -3.63. The highest BCUT2D eigenvalue weighted by atomic mass is 16.7. The van der Waals surface area contributed by atoms with Crippen LogP contribution in [0.25, 0.3) is 0 Å². The van der Waals surface area contributed by atoms with Gasteiger partial charge in [-0.1, -0.05) is 98.2 Å². The Morgan fingerprint density at radius 3 is 2.10 bits per heavy atom. The highest BCUT2D eigenvalue weighted by molar-refractivity contribution is 6.00. The van der Waals surface area contributed by atoms with Gasteiger partial charge in [-0.25, -0.2) is 4.79 Å². The average molecular weight is 1010 g/mol. The van der Waals surface area contributed by atoms with E-state index in [0.717, 1.165) is 11.5 Å². The molecule has 0 aromatic heterocycles. The quantitative estimate of drug-likeness (QED) is 0.0808. The van der Waals surface area contributed by atoms with E-state index in [1.807, 2.05) is 78.8 Å². The van der Waals surface area contributed by atoms with Crippen LogP contribution in [0.15, 0.2) is 42.5 Å². The summed E-state index contributed by atoms with van der Waals surface area (Å²) in [6.45, 7) is 17.4. The van der Waals surface area contributed by atoms with Gasteiger partial charge >= 0.3 is 6.09 Å². The minimum Gasteiger partial charge on any atom is -0.442 e. The predicted octanol–water partition coefficient (Wildman–Crippen LogP) is 5.96. The molecule has 1 aromatic carbocycles. The van der Waals surface area contributed by atoms with Crippen LogP contribution in [0.2, 0.25) is 0 Å². The van der Waals surface area contributed by atoms with Gasteiger partial charge in [0.1, 0.15) is 18.2 Å². The second-order valence-corrected chi connectivity index (χ2v) is 21.4. The summed E-state index contributed by atoms with van der Waals surface area (Å²) in [5, 5.41) is 17.7. The van der Waals surface area contributed by atoms with Gasteiger partial charge in [-0.3, -0.25) is 38.5 Å². The van der Waals surface area contributed by atoms with Crippen LogP contribution >= 0.6 is 0 Å². The van der Waals surface area contributed by atoms with E-state index in [0.29, 0.717) is 50.6 Å². The number of aliphatic hydroxyl groups excluding tert-OH is 1. The standard InChI is InChI=1S/C54H86N6O12/c1-14-35(6)47(41(69-12)31-44(63)59-30-20-24-40(59)49(70-13)36(7)50(65)55-37(8)48(64)38-21-16-15-17-22-38)57(10)52(67)45(33(2)3)56-51(66)46(34(4)5)58(11)53(68)72-39-23-18-19-28-54(9,29-27-39)32-71-60-42(61)25-26-43(60)62/h15-18,21-23,33-37,39-41,45-49,64H,14,19-20,24-32H2,1-13H3,(H,55,65)(H,56,66)/b23-18+/t35-,36+,37+,39-,40-,41?,45-,46-,47-,48+,49+,54+/m0/s1. The maximum Gasteiger partial charge on any atom is 0.410 e. The third-order valence-corrected chi connectivity index (χ3v) is 15.2. The molecule has 0 spiro atoms. The van der Waals surface area contributed by atoms with Gasteiger partial charge in [0, 0.05) is 47.7 Å². The zero-order chi connectivity index (χ0) is 53.6. The molecule has 2 saturated heterocycles. The van der Waals surface area contributed by atoms with Crippen molar-refractivity contribution in [2.45, 2.75) is 181 Å². The number of imide groups is 1. The van der Waals surface area contributed by atoms with Crippen molar-refractivity contribution < 1.29 is 57.7 Å². The highest BCUT2D eigenvalue weighted by Crippen LogP contribution is 2.35. The number of nitrogens with zero attached hydrogens (tertiary/aromatic N) is 4. The van der Waals surface area contributed by atoms with Crippen LogP contribution in [0.1, 0.15) is 138 Å². The fourth-order valence-electron chi connectivity index (χ4n) is 10.5. The van der Waals surface area contributed by atoms with Gasteiger partial charge in [-0.15, -0.1) is 0 Å². The highest BCUT2D eigenvalue weighted by Gasteiger charge is 2.44. The van der Waals surface area contributed by atoms with E-state index in [1.54, 1.807) is 42.8 Å². The molecule has 2 aliphatic heterocycles. The third-order valence-electron chi connectivity index (χ3n) is 15.2. The van der Waals surface area contributed by atoms with Gasteiger partial charge in [-0.2, -0.15) is 5.06 Å². The number of likely N-dealkylation sites (N-methyl/N-ethyl adjacent to an activating group) is 2. The van der Waals surface area contributed by atoms with Crippen LogP contribution in [0.4, 0.5) is 4.79 Å². The van der Waals surface area contributed by atoms with Crippen molar-refractivity contribution in [1.29, 1.82) is 0 Å². The minimum atomic E-state index is -0.999. The van der Waals surface area contributed by atoms with Gasteiger partial charge in [0.25, 0.3) is 11.8 Å². The number of methoxy groups -OCH3 is 2. The number of amides is 7. The van der Waals surface area contributed by atoms with Gasteiger partial charge in [0.2, 0.25) is 23.6 Å². The summed E-state index contributed by atoms with van der Waals surface area (Å²) in [7, 11) is 6.23. The van der Waals surface area contributed by atoms with E-state index < -0.39 is 78.0 Å². The minimum absolute atomic E-state index is 0.0538. The molecule has 12 atom stereocenters. The summed E-state index contributed by atoms with van der Waals surface area (Å²) >= 11 is 0. The van der Waals surface area contributed by atoms with Crippen molar-refractivity contribution in [1.82, 2.24) is 30.4 Å². The maximum atomic E-state index is 14.7. The Kier molecular flexibility index (Phi) is 22.7. The molecule has 0 bridgehead atoms. The van der Waals surface area contributed by atoms with Crippen molar-refractivity contribution in [3.05, 3.63) is 48.0 Å². The number of benzene rings is 1. The van der Waals surface area contributed by atoms with E-state index in [1.165, 1.54) is 26.2 Å². The lowest BCUT2D eigenvalue weighted by Crippen LogP contribution is -2.60. The first-order valence-corrected chi connectivity index (χ1v) is 26.0. The summed E-state index contributed by atoms with van der Waals surface area (Å²) < 4.78 is 18.0. The zero-order valence-corrected chi connectivity index (χ0v) is 45.3. The average Bonchev–Trinajstić information content (AvgIpc) is 3.96. The van der Waals surface area contributed by atoms with Gasteiger partial charge in [-0.05, 0) is 80.3 Å². The molecule has 3 aliphatic rings. The lowest BCUT2D eigenvalue weighted by molar-refractivity contribution is -0.196. The molecule has 0 radical (unpaired) electrons. The topological polar surface area (TPSA) is 214 Å². The number of aliphatic hydroxyl groups is 1. The summed E-state index contributed by atoms with van der Waals surface area (Å²) in [5.41, 5.74) is 0.284. The van der Waals surface area contributed by atoms with Crippen molar-refractivity contribution in [3.63, 3.8) is 0 Å². The van der Waals surface area contributed by atoms with E-state index >= 15 is 0 Å². The number of ether oxygens (including phenoxy) is 3. The molecule has 1 unspecified atom stereocenters. The van der Waals surface area contributed by atoms with E-state index in [-0.39, 0.29) is 73.2 Å². The van der Waals surface area contributed by atoms with Crippen molar-refractivity contribution in [3.8, 4) is 0 Å². The lowest BCUT2D eigenvalue weighted by Gasteiger charge is -2.41. The van der Waals surface area contributed by atoms with Crippen LogP contribution in [0.3, 0.4) is 0 Å². The Morgan fingerprint density at radius 1 is 0.861 bits per heavy atom. The molecular weight excluding hydrogens is 925 g/mol. The molecule has 404 valence electrons. The molecule has 18 nitrogen and oxygen atoms in total. The Morgan fingerprint density at radius 2 is 1.51 bits per heavy atom. The number of carbonyl (C=O) groups excluding carboxylic acids is 7. The molecule has 2 fully saturated rings. The Balaban J connectivity index is 1.43. The smallest absolute Gasteiger partial charge is 0.410 e. The first-order chi connectivity index (χ1) is 34.0. The first-order valence-electron chi connectivity index (χ1n) is 26.0. The molecule has 3 N–H and O–H groups in total. The van der Waals surface area contributed by atoms with Crippen molar-refractivity contribution in [2.24, 2.45) is 29.1 Å². The number of nitrogens with one attached hydrogen (secondary N) is 2. The van der Waals surface area contributed by atoms with Gasteiger partial charge in [0.05, 0.1) is 55.4 Å². The number of likely N-dealkylation sites (tertiary alicyclic amines) is 1. The van der Waals surface area contributed by atoms with E-state index in [9.17, 15) is 38.7 Å². The van der Waals surface area contributed by atoms with Crippen LogP contribution < -0.4 is 10.6 Å². The number of carbonyl (C=O) groups is 7. The molecule has 0 saturated carbocycles. The summed E-state index contributed by atoms with van der Waals surface area (Å²) in [6, 6.07) is 5.55. The monoisotopic (exact) mass is 1010 g/mol. The Hall–Kier alpha value is -4.91. The Labute approximate surface area is 428 Å². The predicted molar refractivity (Wildman–Crippen MR) is 271 cm³/mol. The first kappa shape index (κ1) is 59.7. The summed E-state index contributed by atoms with van der Waals surface area (Å²) in [6.07, 6.45) is 4.82. The SMILES string of the molecule is CC[C@H](C)[C@@H](C(CC(=O)N1CCC[C@H]1[C@H](OC)[C@@H](C)C(=O)N[C@H](C)[C@@H](O)c1ccccc1)OC)N(C)C(=O)[C@@H](NC(=O)[C@H](C(C)C)N(C)C(=O)O[C@H]1/C=C/CC[C@@](C)(CON2C(=O)CCC2=O)CC1)C(C)C. The molecule has 7 amide bonds. The van der Waals surface area contributed by atoms with Gasteiger partial charge < -0.3 is 39.8 Å². The largest absolute Gasteiger partial charge is 0.442 e. The molecule has 18 heteroatoms. The normalized spacial score (nSPS) is 23.7. The fraction of sp³-hybridized carbons (Fsp3) is 0.722. The lowest BCUT2D eigenvalue weighted by atomic mass is 9.79. The van der Waals surface area contributed by atoms with E-state index in [4.69, 9.17) is 19.0 Å². The van der Waals surface area contributed by atoms with Crippen LogP contribution in [0.5, 0.6) is 0 Å². The van der Waals surface area contributed by atoms with Crippen molar-refractivity contribution >= 4 is 41.5 Å². The number of allylic oxidation sites excluding steroid dienone is 1. The van der Waals surface area contributed by atoms with Crippen molar-refractivity contribution in [2.75, 3.05) is 41.5 Å². The van der Waals surface area contributed by atoms with E-state index in [2.05, 4.69) is 10.6 Å². The number of hydroxylamine groups is 2. The zero-order valence-electron chi connectivity index (χ0n) is 45.3. The van der Waals surface area contributed by atoms with Crippen LogP contribution in [-0.2, 0) is 47.8 Å². The number of rotatable bonds is 24. The fourth-order valence-corrected chi connectivity index (χ4v) is 10.5. The third kappa shape index (κ3) is 15.3. The molecular formula is C54H86N6O12. The second-order valence-electron chi connectivity index (χ2n) is 21.4. The van der Waals surface area contributed by atoms with Crippen LogP contribution in [0, 0.1) is 29.1 Å². The molecule has 1 aromatic rings. The Bertz CT molecular complexity index is 2000. The molecule has 2 heterocycles. The molecule has 1 aliphatic carbocycles. The van der Waals surface area contributed by atoms with Crippen LogP contribution in [-0.4, -0.2) is 156 Å². The van der Waals surface area contributed by atoms with Gasteiger partial charge in [0.15, 0.2) is 0 Å². The maximum absolute atomic E-state index is 14.7. The number of hydrogen-bond acceptors (Lipinski definition) is 12. The summed E-state index contributed by atoms with van der Waals surface area (Å²) in [4.78, 5) is 105. The second kappa shape index (κ2) is 27.4. The molecule has 72 heavy (non-hydrogen) atoms. The molecule has 4 rings (SSSR count). The number of hydrogen-bond donors (Lipinski definition) is 3.